The Bertz CT molecular complexity index is 1280. The van der Waals surface area contributed by atoms with Crippen LogP contribution in [-0.4, -0.2) is 62.8 Å². The van der Waals surface area contributed by atoms with Crippen molar-refractivity contribution in [1.82, 2.24) is 24.9 Å². The van der Waals surface area contributed by atoms with Crippen molar-refractivity contribution < 1.29 is 9.53 Å². The van der Waals surface area contributed by atoms with Gasteiger partial charge in [-0.2, -0.15) is 0 Å². The molecule has 2 aromatic carbocycles. The van der Waals surface area contributed by atoms with Gasteiger partial charge in [0.15, 0.2) is 0 Å². The van der Waals surface area contributed by atoms with Gasteiger partial charge in [0.05, 0.1) is 5.69 Å². The first-order chi connectivity index (χ1) is 15.4. The van der Waals surface area contributed by atoms with Gasteiger partial charge in [-0.05, 0) is 56.5 Å². The normalized spacial score (nSPS) is 14.8. The van der Waals surface area contributed by atoms with Crippen molar-refractivity contribution in [3.05, 3.63) is 54.7 Å². The highest BCUT2D eigenvalue weighted by molar-refractivity contribution is 5.96. The molecule has 0 spiro atoms. The molecule has 1 amide bonds. The molecule has 1 fully saturated rings. The molecular weight excluding hydrogens is 404 g/mol. The number of hydrogen-bond donors (Lipinski definition) is 0. The molecule has 0 bridgehead atoms. The highest BCUT2D eigenvalue weighted by atomic mass is 16.6. The number of fused-ring (bicyclic) bond motifs is 2. The standard InChI is InChI=1S/C24H26N6O2/c1-24(2,3)32-23(31)29-14-12-28(13-15-29)20-7-4-6-17-9-10-18(16-19(17)20)30-21-8-5-11-25-22(21)26-27-30/h4-11,16H,12-15H2,1-3H3. The minimum Gasteiger partial charge on any atom is -0.444 e. The minimum absolute atomic E-state index is 0.246. The van der Waals surface area contributed by atoms with Gasteiger partial charge in [-0.25, -0.2) is 14.5 Å². The Morgan fingerprint density at radius 2 is 1.81 bits per heavy atom. The van der Waals surface area contributed by atoms with E-state index in [4.69, 9.17) is 4.74 Å². The van der Waals surface area contributed by atoms with Gasteiger partial charge in [-0.1, -0.05) is 23.4 Å². The average Bonchev–Trinajstić information content (AvgIpc) is 3.21. The van der Waals surface area contributed by atoms with Crippen LogP contribution in [0.4, 0.5) is 10.5 Å². The van der Waals surface area contributed by atoms with Crippen LogP contribution in [0, 0.1) is 0 Å². The molecule has 8 heteroatoms. The SMILES string of the molecule is CC(C)(C)OC(=O)N1CCN(c2cccc3ccc(-n4nnc5ncccc54)cc23)CC1. The molecule has 0 radical (unpaired) electrons. The lowest BCUT2D eigenvalue weighted by atomic mass is 10.1. The summed E-state index contributed by atoms with van der Waals surface area (Å²) in [7, 11) is 0. The number of carbonyl (C=O) groups excluding carboxylic acids is 1. The summed E-state index contributed by atoms with van der Waals surface area (Å²) in [6.45, 7) is 8.43. The van der Waals surface area contributed by atoms with E-state index >= 15 is 0 Å². The van der Waals surface area contributed by atoms with Crippen LogP contribution in [0.15, 0.2) is 54.7 Å². The minimum atomic E-state index is -0.485. The first-order valence-corrected chi connectivity index (χ1v) is 10.8. The van der Waals surface area contributed by atoms with Crippen LogP contribution in [0.5, 0.6) is 0 Å². The Balaban J connectivity index is 1.43. The molecular formula is C24H26N6O2. The Morgan fingerprint density at radius 3 is 2.59 bits per heavy atom. The van der Waals surface area contributed by atoms with Crippen LogP contribution < -0.4 is 4.90 Å². The van der Waals surface area contributed by atoms with Crippen molar-refractivity contribution in [1.29, 1.82) is 0 Å². The lowest BCUT2D eigenvalue weighted by Gasteiger charge is -2.37. The number of benzene rings is 2. The van der Waals surface area contributed by atoms with E-state index in [0.29, 0.717) is 18.7 Å². The van der Waals surface area contributed by atoms with Gasteiger partial charge in [0.1, 0.15) is 11.1 Å². The lowest BCUT2D eigenvalue weighted by Crippen LogP contribution is -2.50. The number of rotatable bonds is 2. The number of anilines is 1. The zero-order valence-electron chi connectivity index (χ0n) is 18.5. The molecule has 5 rings (SSSR count). The van der Waals surface area contributed by atoms with Crippen molar-refractivity contribution in [3.8, 4) is 5.69 Å². The molecule has 2 aromatic heterocycles. The van der Waals surface area contributed by atoms with E-state index in [0.717, 1.165) is 40.8 Å². The summed E-state index contributed by atoms with van der Waals surface area (Å²) in [6, 6.07) is 16.5. The third kappa shape index (κ3) is 3.84. The summed E-state index contributed by atoms with van der Waals surface area (Å²) in [4.78, 5) is 20.8. The monoisotopic (exact) mass is 430 g/mol. The van der Waals surface area contributed by atoms with Crippen molar-refractivity contribution >= 4 is 33.7 Å². The van der Waals surface area contributed by atoms with E-state index in [9.17, 15) is 4.79 Å². The molecule has 3 heterocycles. The van der Waals surface area contributed by atoms with Gasteiger partial charge >= 0.3 is 6.09 Å². The number of carbonyl (C=O) groups is 1. The second-order valence-corrected chi connectivity index (χ2v) is 8.98. The summed E-state index contributed by atoms with van der Waals surface area (Å²) in [6.07, 6.45) is 1.47. The van der Waals surface area contributed by atoms with E-state index in [2.05, 4.69) is 50.5 Å². The number of piperazine rings is 1. The molecule has 1 saturated heterocycles. The van der Waals surface area contributed by atoms with Crippen LogP contribution in [0.2, 0.25) is 0 Å². The maximum atomic E-state index is 12.4. The molecule has 0 unspecified atom stereocenters. The Hall–Kier alpha value is -3.68. The second-order valence-electron chi connectivity index (χ2n) is 8.98. The van der Waals surface area contributed by atoms with Gasteiger partial charge in [0.25, 0.3) is 0 Å². The molecule has 4 aromatic rings. The first kappa shape index (κ1) is 20.2. The largest absolute Gasteiger partial charge is 0.444 e. The fourth-order valence-corrected chi connectivity index (χ4v) is 4.06. The zero-order chi connectivity index (χ0) is 22.3. The van der Waals surface area contributed by atoms with Crippen molar-refractivity contribution in [2.45, 2.75) is 26.4 Å². The second kappa shape index (κ2) is 7.78. The smallest absolute Gasteiger partial charge is 0.410 e. The van der Waals surface area contributed by atoms with Crippen LogP contribution in [0.25, 0.3) is 27.6 Å². The van der Waals surface area contributed by atoms with E-state index in [-0.39, 0.29) is 6.09 Å². The number of hydrogen-bond acceptors (Lipinski definition) is 6. The van der Waals surface area contributed by atoms with Gasteiger partial charge < -0.3 is 14.5 Å². The quantitative estimate of drug-likeness (QED) is 0.478. The van der Waals surface area contributed by atoms with Crippen molar-refractivity contribution in [3.63, 3.8) is 0 Å². The maximum Gasteiger partial charge on any atom is 0.410 e. The molecule has 1 aliphatic rings. The molecule has 1 aliphatic heterocycles. The Morgan fingerprint density at radius 1 is 1.00 bits per heavy atom. The summed E-state index contributed by atoms with van der Waals surface area (Å²) >= 11 is 0. The van der Waals surface area contributed by atoms with Crippen LogP contribution in [0.1, 0.15) is 20.8 Å². The lowest BCUT2D eigenvalue weighted by molar-refractivity contribution is 0.0240. The maximum absolute atomic E-state index is 12.4. The molecule has 32 heavy (non-hydrogen) atoms. The molecule has 0 atom stereocenters. The third-order valence-corrected chi connectivity index (χ3v) is 5.58. The van der Waals surface area contributed by atoms with Crippen molar-refractivity contribution in [2.24, 2.45) is 0 Å². The van der Waals surface area contributed by atoms with Crippen molar-refractivity contribution in [2.75, 3.05) is 31.1 Å². The molecule has 0 aliphatic carbocycles. The molecule has 0 N–H and O–H groups in total. The Kier molecular flexibility index (Phi) is 4.92. The molecule has 0 saturated carbocycles. The predicted molar refractivity (Wildman–Crippen MR) is 124 cm³/mol. The van der Waals surface area contributed by atoms with Crippen LogP contribution in [-0.2, 0) is 4.74 Å². The zero-order valence-corrected chi connectivity index (χ0v) is 18.5. The van der Waals surface area contributed by atoms with E-state index in [1.807, 2.05) is 43.7 Å². The number of aromatic nitrogens is 4. The van der Waals surface area contributed by atoms with Crippen LogP contribution >= 0.6 is 0 Å². The van der Waals surface area contributed by atoms with Gasteiger partial charge in [0.2, 0.25) is 5.65 Å². The highest BCUT2D eigenvalue weighted by Gasteiger charge is 2.26. The number of ether oxygens (including phenoxy) is 1. The summed E-state index contributed by atoms with van der Waals surface area (Å²) in [5.74, 6) is 0. The number of pyridine rings is 1. The summed E-state index contributed by atoms with van der Waals surface area (Å²) in [5.41, 5.74) is 3.10. The van der Waals surface area contributed by atoms with E-state index in [1.165, 1.54) is 0 Å². The fourth-order valence-electron chi connectivity index (χ4n) is 4.06. The van der Waals surface area contributed by atoms with Crippen LogP contribution in [0.3, 0.4) is 0 Å². The van der Waals surface area contributed by atoms with E-state index < -0.39 is 5.60 Å². The third-order valence-electron chi connectivity index (χ3n) is 5.58. The van der Waals surface area contributed by atoms with Gasteiger partial charge in [-0.15, -0.1) is 5.10 Å². The van der Waals surface area contributed by atoms with E-state index in [1.54, 1.807) is 11.1 Å². The Labute approximate surface area is 186 Å². The fraction of sp³-hybridized carbons (Fsp3) is 0.333. The highest BCUT2D eigenvalue weighted by Crippen LogP contribution is 2.30. The topological polar surface area (TPSA) is 76.4 Å². The first-order valence-electron chi connectivity index (χ1n) is 10.8. The number of nitrogens with zero attached hydrogens (tertiary/aromatic N) is 6. The summed E-state index contributed by atoms with van der Waals surface area (Å²) in [5, 5.41) is 10.8. The average molecular weight is 431 g/mol. The number of amides is 1. The van der Waals surface area contributed by atoms with Gasteiger partial charge in [-0.3, -0.25) is 0 Å². The predicted octanol–water partition coefficient (Wildman–Crippen LogP) is 4.03. The molecule has 8 nitrogen and oxygen atoms in total. The summed E-state index contributed by atoms with van der Waals surface area (Å²) < 4.78 is 7.35. The van der Waals surface area contributed by atoms with Gasteiger partial charge in [0, 0.05) is 43.4 Å². The molecule has 164 valence electrons.